The van der Waals surface area contributed by atoms with E-state index in [2.05, 4.69) is 10.0 Å². The first-order chi connectivity index (χ1) is 11.2. The summed E-state index contributed by atoms with van der Waals surface area (Å²) in [6, 6.07) is 11.1. The predicted molar refractivity (Wildman–Crippen MR) is 95.5 cm³/mol. The van der Waals surface area contributed by atoms with Crippen molar-refractivity contribution >= 4 is 21.6 Å². The zero-order chi connectivity index (χ0) is 17.9. The molecule has 2 N–H and O–H groups in total. The first kappa shape index (κ1) is 18.2. The Hall–Kier alpha value is -2.18. The Morgan fingerprint density at radius 1 is 0.958 bits per heavy atom. The van der Waals surface area contributed by atoms with E-state index in [0.29, 0.717) is 5.69 Å². The highest BCUT2D eigenvalue weighted by Crippen LogP contribution is 2.15. The van der Waals surface area contributed by atoms with Crippen LogP contribution < -0.4 is 10.0 Å². The van der Waals surface area contributed by atoms with Gasteiger partial charge in [-0.1, -0.05) is 23.8 Å². The van der Waals surface area contributed by atoms with Crippen molar-refractivity contribution in [1.82, 2.24) is 4.72 Å². The second-order valence-corrected chi connectivity index (χ2v) is 7.66. The number of hydrogen-bond acceptors (Lipinski definition) is 3. The molecule has 0 heterocycles. The lowest BCUT2D eigenvalue weighted by atomic mass is 10.1. The SMILES string of the molecule is Cc1ccc(S(=O)(=O)N[C@H](C)C(=O)Nc2ccc(C)c(C)c2)cc1. The van der Waals surface area contributed by atoms with Gasteiger partial charge in [-0.3, -0.25) is 4.79 Å². The van der Waals surface area contributed by atoms with Crippen LogP contribution in [0.3, 0.4) is 0 Å². The maximum absolute atomic E-state index is 12.3. The number of benzene rings is 2. The summed E-state index contributed by atoms with van der Waals surface area (Å²) in [7, 11) is -3.74. The molecule has 1 atom stereocenters. The van der Waals surface area contributed by atoms with E-state index >= 15 is 0 Å². The first-order valence-corrected chi connectivity index (χ1v) is 9.14. The van der Waals surface area contributed by atoms with Crippen molar-refractivity contribution in [2.24, 2.45) is 0 Å². The van der Waals surface area contributed by atoms with Crippen LogP contribution in [-0.2, 0) is 14.8 Å². The maximum atomic E-state index is 12.3. The van der Waals surface area contributed by atoms with Crippen LogP contribution in [0.1, 0.15) is 23.6 Å². The average Bonchev–Trinajstić information content (AvgIpc) is 2.51. The normalized spacial score (nSPS) is 12.7. The summed E-state index contributed by atoms with van der Waals surface area (Å²) in [5.74, 6) is -0.408. The van der Waals surface area contributed by atoms with Crippen molar-refractivity contribution in [3.05, 3.63) is 59.2 Å². The van der Waals surface area contributed by atoms with Crippen LogP contribution in [0.2, 0.25) is 0 Å². The molecule has 6 heteroatoms. The first-order valence-electron chi connectivity index (χ1n) is 7.66. The molecular formula is C18H22N2O3S. The van der Waals surface area contributed by atoms with Crippen LogP contribution in [0, 0.1) is 20.8 Å². The summed E-state index contributed by atoms with van der Waals surface area (Å²) in [4.78, 5) is 12.4. The molecule has 5 nitrogen and oxygen atoms in total. The summed E-state index contributed by atoms with van der Waals surface area (Å²) >= 11 is 0. The van der Waals surface area contributed by atoms with Crippen molar-refractivity contribution in [3.63, 3.8) is 0 Å². The lowest BCUT2D eigenvalue weighted by Crippen LogP contribution is -2.41. The Morgan fingerprint density at radius 3 is 2.17 bits per heavy atom. The zero-order valence-electron chi connectivity index (χ0n) is 14.3. The van der Waals surface area contributed by atoms with Gasteiger partial charge in [-0.25, -0.2) is 8.42 Å². The third-order valence-electron chi connectivity index (χ3n) is 3.83. The molecule has 0 bridgehead atoms. The number of anilines is 1. The van der Waals surface area contributed by atoms with E-state index in [1.165, 1.54) is 19.1 Å². The zero-order valence-corrected chi connectivity index (χ0v) is 15.1. The second-order valence-electron chi connectivity index (χ2n) is 5.94. The largest absolute Gasteiger partial charge is 0.325 e. The van der Waals surface area contributed by atoms with Crippen LogP contribution >= 0.6 is 0 Å². The predicted octanol–water partition coefficient (Wildman–Crippen LogP) is 2.92. The van der Waals surface area contributed by atoms with Crippen molar-refractivity contribution in [1.29, 1.82) is 0 Å². The fraction of sp³-hybridized carbons (Fsp3) is 0.278. The van der Waals surface area contributed by atoms with E-state index in [-0.39, 0.29) is 4.90 Å². The van der Waals surface area contributed by atoms with Crippen molar-refractivity contribution < 1.29 is 13.2 Å². The molecule has 0 aliphatic heterocycles. The highest BCUT2D eigenvalue weighted by Gasteiger charge is 2.22. The minimum absolute atomic E-state index is 0.138. The number of nitrogens with one attached hydrogen (secondary N) is 2. The number of sulfonamides is 1. The van der Waals surface area contributed by atoms with Gasteiger partial charge in [0.05, 0.1) is 10.9 Å². The van der Waals surface area contributed by atoms with Crippen LogP contribution in [0.5, 0.6) is 0 Å². The molecule has 2 rings (SSSR count). The molecule has 0 aliphatic carbocycles. The Balaban J connectivity index is 2.07. The molecular weight excluding hydrogens is 324 g/mol. The lowest BCUT2D eigenvalue weighted by molar-refractivity contribution is -0.117. The molecule has 0 aromatic heterocycles. The van der Waals surface area contributed by atoms with Gasteiger partial charge >= 0.3 is 0 Å². The van der Waals surface area contributed by atoms with E-state index in [4.69, 9.17) is 0 Å². The second kappa shape index (κ2) is 7.15. The standard InChI is InChI=1S/C18H22N2O3S/c1-12-5-9-17(10-6-12)24(22,23)20-15(4)18(21)19-16-8-7-13(2)14(3)11-16/h5-11,15,20H,1-4H3,(H,19,21)/t15-/m1/s1. The molecule has 0 aliphatic rings. The van der Waals surface area contributed by atoms with E-state index in [9.17, 15) is 13.2 Å². The summed E-state index contributed by atoms with van der Waals surface area (Å²) in [6.45, 7) is 7.33. The Bertz CT molecular complexity index is 843. The topological polar surface area (TPSA) is 75.3 Å². The van der Waals surface area contributed by atoms with Gasteiger partial charge in [0.25, 0.3) is 0 Å². The minimum atomic E-state index is -3.74. The Kier molecular flexibility index (Phi) is 5.41. The minimum Gasteiger partial charge on any atom is -0.325 e. The smallest absolute Gasteiger partial charge is 0.242 e. The summed E-state index contributed by atoms with van der Waals surface area (Å²) < 4.78 is 27.0. The molecule has 0 saturated heterocycles. The number of hydrogen-bond donors (Lipinski definition) is 2. The van der Waals surface area contributed by atoms with E-state index in [1.807, 2.05) is 32.9 Å². The Morgan fingerprint density at radius 2 is 1.58 bits per heavy atom. The molecule has 0 saturated carbocycles. The molecule has 0 unspecified atom stereocenters. The number of carbonyl (C=O) groups is 1. The van der Waals surface area contributed by atoms with Crippen LogP contribution in [0.4, 0.5) is 5.69 Å². The van der Waals surface area contributed by atoms with Crippen LogP contribution in [-0.4, -0.2) is 20.4 Å². The third kappa shape index (κ3) is 4.43. The lowest BCUT2D eigenvalue weighted by Gasteiger charge is -2.15. The van der Waals surface area contributed by atoms with Gasteiger partial charge in [0.15, 0.2) is 0 Å². The van der Waals surface area contributed by atoms with E-state index in [0.717, 1.165) is 16.7 Å². The quantitative estimate of drug-likeness (QED) is 0.874. The molecule has 128 valence electrons. The van der Waals surface area contributed by atoms with Gasteiger partial charge in [-0.2, -0.15) is 4.72 Å². The summed E-state index contributed by atoms with van der Waals surface area (Å²) in [5, 5.41) is 2.73. The molecule has 0 radical (unpaired) electrons. The number of amides is 1. The third-order valence-corrected chi connectivity index (χ3v) is 5.39. The monoisotopic (exact) mass is 346 g/mol. The van der Waals surface area contributed by atoms with Gasteiger partial charge in [0.1, 0.15) is 0 Å². The highest BCUT2D eigenvalue weighted by atomic mass is 32.2. The molecule has 1 amide bonds. The average molecular weight is 346 g/mol. The summed E-state index contributed by atoms with van der Waals surface area (Å²) in [6.07, 6.45) is 0. The fourth-order valence-corrected chi connectivity index (χ4v) is 3.34. The van der Waals surface area contributed by atoms with Crippen molar-refractivity contribution in [3.8, 4) is 0 Å². The molecule has 2 aromatic carbocycles. The molecule has 0 fully saturated rings. The van der Waals surface area contributed by atoms with Crippen LogP contribution in [0.15, 0.2) is 47.4 Å². The maximum Gasteiger partial charge on any atom is 0.242 e. The number of rotatable bonds is 5. The molecule has 2 aromatic rings. The van der Waals surface area contributed by atoms with E-state index in [1.54, 1.807) is 18.2 Å². The Labute approximate surface area is 143 Å². The van der Waals surface area contributed by atoms with Gasteiger partial charge in [0, 0.05) is 5.69 Å². The van der Waals surface area contributed by atoms with Gasteiger partial charge < -0.3 is 5.32 Å². The summed E-state index contributed by atoms with van der Waals surface area (Å²) in [5.41, 5.74) is 3.79. The van der Waals surface area contributed by atoms with Crippen LogP contribution in [0.25, 0.3) is 0 Å². The van der Waals surface area contributed by atoms with Gasteiger partial charge in [0.2, 0.25) is 15.9 Å². The highest BCUT2D eigenvalue weighted by molar-refractivity contribution is 7.89. The number of carbonyl (C=O) groups excluding carboxylic acids is 1. The van der Waals surface area contributed by atoms with Gasteiger partial charge in [-0.05, 0) is 63.1 Å². The molecule has 24 heavy (non-hydrogen) atoms. The fourth-order valence-electron chi connectivity index (χ4n) is 2.14. The molecule has 0 spiro atoms. The van der Waals surface area contributed by atoms with Crippen molar-refractivity contribution in [2.45, 2.75) is 38.6 Å². The van der Waals surface area contributed by atoms with E-state index < -0.39 is 22.0 Å². The van der Waals surface area contributed by atoms with Gasteiger partial charge in [-0.15, -0.1) is 0 Å². The number of aryl methyl sites for hydroxylation is 3. The van der Waals surface area contributed by atoms with Crippen molar-refractivity contribution in [2.75, 3.05) is 5.32 Å².